The van der Waals surface area contributed by atoms with Crippen LogP contribution in [-0.4, -0.2) is 26.2 Å². The molecule has 0 radical (unpaired) electrons. The van der Waals surface area contributed by atoms with Crippen LogP contribution in [0.15, 0.2) is 72.8 Å². The third-order valence-corrected chi connectivity index (χ3v) is 5.89. The van der Waals surface area contributed by atoms with Gasteiger partial charge in [0.25, 0.3) is 0 Å². The second kappa shape index (κ2) is 12.0. The molecule has 3 rings (SSSR count). The van der Waals surface area contributed by atoms with Crippen LogP contribution >= 0.6 is 0 Å². The molecule has 0 amide bonds. The van der Waals surface area contributed by atoms with Crippen molar-refractivity contribution in [2.24, 2.45) is 0 Å². The molecule has 0 unspecified atom stereocenters. The summed E-state index contributed by atoms with van der Waals surface area (Å²) in [7, 11) is 0. The van der Waals surface area contributed by atoms with Crippen LogP contribution in [0.2, 0.25) is 0 Å². The summed E-state index contributed by atoms with van der Waals surface area (Å²) in [6, 6.07) is 26.2. The number of hydrogen-bond acceptors (Lipinski definition) is 2. The van der Waals surface area contributed by atoms with Crippen LogP contribution in [0.5, 0.6) is 0 Å². The normalized spacial score (nSPS) is 11.4. The maximum absolute atomic E-state index is 2.36. The van der Waals surface area contributed by atoms with E-state index in [0.717, 1.165) is 26.2 Å². The summed E-state index contributed by atoms with van der Waals surface area (Å²) in [5.74, 6) is 0. The lowest BCUT2D eigenvalue weighted by Crippen LogP contribution is -2.21. The zero-order chi connectivity index (χ0) is 22.8. The molecule has 166 valence electrons. The van der Waals surface area contributed by atoms with E-state index in [1.54, 1.807) is 0 Å². The van der Waals surface area contributed by atoms with Gasteiger partial charge in [-0.25, -0.2) is 0 Å². The quantitative estimate of drug-likeness (QED) is 0.307. The fraction of sp³-hybridized carbons (Fsp3) is 0.267. The molecule has 0 N–H and O–H groups in total. The van der Waals surface area contributed by atoms with Crippen molar-refractivity contribution < 1.29 is 0 Å². The van der Waals surface area contributed by atoms with Gasteiger partial charge in [0.1, 0.15) is 0 Å². The first-order valence-electron chi connectivity index (χ1n) is 11.8. The molecular weight excluding hydrogens is 388 g/mol. The average molecular weight is 425 g/mol. The first-order valence-corrected chi connectivity index (χ1v) is 11.8. The molecule has 2 heteroatoms. The summed E-state index contributed by atoms with van der Waals surface area (Å²) in [5, 5.41) is 0. The molecule has 0 aliphatic carbocycles. The van der Waals surface area contributed by atoms with Crippen LogP contribution in [0.3, 0.4) is 0 Å². The van der Waals surface area contributed by atoms with Gasteiger partial charge in [0.05, 0.1) is 0 Å². The molecule has 0 fully saturated rings. The van der Waals surface area contributed by atoms with Crippen LogP contribution in [0.4, 0.5) is 11.4 Å². The van der Waals surface area contributed by atoms with Gasteiger partial charge >= 0.3 is 0 Å². The fourth-order valence-corrected chi connectivity index (χ4v) is 3.92. The molecule has 3 aromatic carbocycles. The SMILES string of the molecule is CCN(CC)c1ccc(/C=C/c2cccc(/C=C/c3ccc(N(CC)CC)cc3)c2)cc1. The second-order valence-corrected chi connectivity index (χ2v) is 7.86. The molecule has 2 nitrogen and oxygen atoms in total. The summed E-state index contributed by atoms with van der Waals surface area (Å²) in [4.78, 5) is 4.72. The maximum Gasteiger partial charge on any atom is 0.0366 e. The lowest BCUT2D eigenvalue weighted by atomic mass is 10.1. The van der Waals surface area contributed by atoms with Gasteiger partial charge in [-0.15, -0.1) is 0 Å². The molecule has 0 heterocycles. The molecule has 0 atom stereocenters. The molecule has 0 bridgehead atoms. The first kappa shape index (κ1) is 23.4. The smallest absolute Gasteiger partial charge is 0.0366 e. The van der Waals surface area contributed by atoms with Gasteiger partial charge < -0.3 is 9.80 Å². The van der Waals surface area contributed by atoms with E-state index in [0.29, 0.717) is 0 Å². The van der Waals surface area contributed by atoms with Crippen molar-refractivity contribution in [3.05, 3.63) is 95.1 Å². The van der Waals surface area contributed by atoms with Crippen molar-refractivity contribution in [3.8, 4) is 0 Å². The minimum Gasteiger partial charge on any atom is -0.372 e. The van der Waals surface area contributed by atoms with E-state index < -0.39 is 0 Å². The highest BCUT2D eigenvalue weighted by molar-refractivity contribution is 5.75. The van der Waals surface area contributed by atoms with E-state index >= 15 is 0 Å². The Balaban J connectivity index is 1.66. The third-order valence-electron chi connectivity index (χ3n) is 5.89. The van der Waals surface area contributed by atoms with Crippen LogP contribution in [0.1, 0.15) is 49.9 Å². The van der Waals surface area contributed by atoms with Gasteiger partial charge in [-0.05, 0) is 80.3 Å². The minimum atomic E-state index is 1.03. The summed E-state index contributed by atoms with van der Waals surface area (Å²) >= 11 is 0. The molecule has 0 aliphatic heterocycles. The molecule has 0 spiro atoms. The molecule has 0 aromatic heterocycles. The summed E-state index contributed by atoms with van der Waals surface area (Å²) in [6.07, 6.45) is 8.73. The van der Waals surface area contributed by atoms with E-state index in [1.807, 2.05) is 0 Å². The van der Waals surface area contributed by atoms with Crippen molar-refractivity contribution in [1.82, 2.24) is 0 Å². The Morgan fingerprint density at radius 2 is 0.812 bits per heavy atom. The number of nitrogens with zero attached hydrogens (tertiary/aromatic N) is 2. The van der Waals surface area contributed by atoms with Crippen molar-refractivity contribution in [2.75, 3.05) is 36.0 Å². The topological polar surface area (TPSA) is 6.48 Å². The van der Waals surface area contributed by atoms with Crippen LogP contribution in [0, 0.1) is 0 Å². The predicted molar refractivity (Wildman–Crippen MR) is 144 cm³/mol. The van der Waals surface area contributed by atoms with Gasteiger partial charge in [0.15, 0.2) is 0 Å². The van der Waals surface area contributed by atoms with E-state index in [-0.39, 0.29) is 0 Å². The van der Waals surface area contributed by atoms with Crippen LogP contribution < -0.4 is 9.80 Å². The van der Waals surface area contributed by atoms with Crippen molar-refractivity contribution in [2.45, 2.75) is 27.7 Å². The van der Waals surface area contributed by atoms with E-state index in [9.17, 15) is 0 Å². The number of hydrogen-bond donors (Lipinski definition) is 0. The molecule has 3 aromatic rings. The fourth-order valence-electron chi connectivity index (χ4n) is 3.92. The Morgan fingerprint density at radius 3 is 1.16 bits per heavy atom. The largest absolute Gasteiger partial charge is 0.372 e. The highest BCUT2D eigenvalue weighted by Crippen LogP contribution is 2.19. The Labute approximate surface area is 194 Å². The number of rotatable bonds is 10. The van der Waals surface area contributed by atoms with Gasteiger partial charge in [0, 0.05) is 37.6 Å². The van der Waals surface area contributed by atoms with Gasteiger partial charge in [-0.2, -0.15) is 0 Å². The maximum atomic E-state index is 2.36. The molecule has 0 aliphatic rings. The highest BCUT2D eigenvalue weighted by Gasteiger charge is 2.01. The highest BCUT2D eigenvalue weighted by atomic mass is 15.1. The van der Waals surface area contributed by atoms with Crippen LogP contribution in [0.25, 0.3) is 24.3 Å². The monoisotopic (exact) mass is 424 g/mol. The first-order chi connectivity index (χ1) is 15.7. The number of anilines is 2. The second-order valence-electron chi connectivity index (χ2n) is 7.86. The summed E-state index contributed by atoms with van der Waals surface area (Å²) in [6.45, 7) is 12.9. The minimum absolute atomic E-state index is 1.03. The van der Waals surface area contributed by atoms with Crippen molar-refractivity contribution in [1.29, 1.82) is 0 Å². The summed E-state index contributed by atoms with van der Waals surface area (Å²) in [5.41, 5.74) is 7.41. The standard InChI is InChI=1S/C30H36N2/c1-5-31(6-2)29-20-16-25(17-21-29)12-14-27-10-9-11-28(24-27)15-13-26-18-22-30(23-19-26)32(7-3)8-4/h9-24H,5-8H2,1-4H3/b14-12+,15-13+. The van der Waals surface area contributed by atoms with Gasteiger partial charge in [0.2, 0.25) is 0 Å². The molecule has 32 heavy (non-hydrogen) atoms. The number of benzene rings is 3. The van der Waals surface area contributed by atoms with Crippen molar-refractivity contribution >= 4 is 35.7 Å². The zero-order valence-electron chi connectivity index (χ0n) is 20.0. The molecule has 0 saturated heterocycles. The lowest BCUT2D eigenvalue weighted by Gasteiger charge is -2.20. The molecular formula is C30H36N2. The Morgan fingerprint density at radius 1 is 0.469 bits per heavy atom. The Bertz CT molecular complexity index is 925. The summed E-state index contributed by atoms with van der Waals surface area (Å²) < 4.78 is 0. The zero-order valence-corrected chi connectivity index (χ0v) is 20.0. The third kappa shape index (κ3) is 6.37. The Hall–Kier alpha value is -3.26. The Kier molecular flexibility index (Phi) is 8.74. The van der Waals surface area contributed by atoms with Crippen molar-refractivity contribution in [3.63, 3.8) is 0 Å². The predicted octanol–water partition coefficient (Wildman–Crippen LogP) is 7.72. The van der Waals surface area contributed by atoms with E-state index in [1.165, 1.54) is 33.6 Å². The van der Waals surface area contributed by atoms with Crippen LogP contribution in [-0.2, 0) is 0 Å². The average Bonchev–Trinajstić information content (AvgIpc) is 2.85. The van der Waals surface area contributed by atoms with Gasteiger partial charge in [-0.1, -0.05) is 66.8 Å². The van der Waals surface area contributed by atoms with E-state index in [2.05, 4.69) is 135 Å². The molecule has 0 saturated carbocycles. The van der Waals surface area contributed by atoms with E-state index in [4.69, 9.17) is 0 Å². The van der Waals surface area contributed by atoms with Gasteiger partial charge in [-0.3, -0.25) is 0 Å². The lowest BCUT2D eigenvalue weighted by molar-refractivity contribution is 0.866.